The van der Waals surface area contributed by atoms with Crippen LogP contribution in [0.4, 0.5) is 14.9 Å². The number of anilines is 1. The van der Waals surface area contributed by atoms with Crippen LogP contribution in [0, 0.1) is 31.0 Å². The Kier molecular flexibility index (Phi) is 7.51. The van der Waals surface area contributed by atoms with Crippen LogP contribution in [0.5, 0.6) is 0 Å². The third-order valence-corrected chi connectivity index (χ3v) is 6.62. The van der Waals surface area contributed by atoms with E-state index < -0.39 is 0 Å². The number of nitrogens with one attached hydrogen (secondary N) is 1. The van der Waals surface area contributed by atoms with Crippen molar-refractivity contribution in [2.75, 3.05) is 38.1 Å². The summed E-state index contributed by atoms with van der Waals surface area (Å²) >= 11 is 0. The summed E-state index contributed by atoms with van der Waals surface area (Å²) in [5.41, 5.74) is 3.49. The summed E-state index contributed by atoms with van der Waals surface area (Å²) in [4.78, 5) is 28.8. The first-order valence-corrected chi connectivity index (χ1v) is 11.9. The van der Waals surface area contributed by atoms with Gasteiger partial charge in [0.1, 0.15) is 17.5 Å². The van der Waals surface area contributed by atoms with Gasteiger partial charge >= 0.3 is 6.03 Å². The zero-order chi connectivity index (χ0) is 24.9. The van der Waals surface area contributed by atoms with Gasteiger partial charge in [0, 0.05) is 56.4 Å². The second-order valence-electron chi connectivity index (χ2n) is 8.96. The highest BCUT2D eigenvalue weighted by Gasteiger charge is 2.27. The molecule has 0 spiro atoms. The van der Waals surface area contributed by atoms with Crippen molar-refractivity contribution in [3.8, 4) is 6.07 Å². The average Bonchev–Trinajstić information content (AvgIpc) is 3.47. The summed E-state index contributed by atoms with van der Waals surface area (Å²) in [6, 6.07) is 9.29. The van der Waals surface area contributed by atoms with Crippen molar-refractivity contribution in [2.24, 2.45) is 0 Å². The second kappa shape index (κ2) is 10.7. The minimum atomic E-state index is -0.374. The zero-order valence-corrected chi connectivity index (χ0v) is 20.1. The molecule has 35 heavy (non-hydrogen) atoms. The van der Waals surface area contributed by atoms with Crippen molar-refractivity contribution >= 4 is 23.7 Å². The SMILES string of the molecule is Cc1cc(/C=C(/C#N)C(=O)N2CCN(C(=O)Nc3ccc(F)cc3)CC2)c(C)n1C[C@@H]1CCCO1. The summed E-state index contributed by atoms with van der Waals surface area (Å²) in [6.45, 7) is 6.91. The Labute approximate surface area is 204 Å². The van der Waals surface area contributed by atoms with Gasteiger partial charge in [-0.2, -0.15) is 5.26 Å². The number of aromatic nitrogens is 1. The van der Waals surface area contributed by atoms with Crippen molar-refractivity contribution < 1.29 is 18.7 Å². The number of benzene rings is 1. The van der Waals surface area contributed by atoms with Gasteiger partial charge in [0.2, 0.25) is 0 Å². The fraction of sp³-hybridized carbons (Fsp3) is 0.423. The quantitative estimate of drug-likeness (QED) is 0.523. The molecule has 0 bridgehead atoms. The fourth-order valence-electron chi connectivity index (χ4n) is 4.56. The molecule has 3 heterocycles. The van der Waals surface area contributed by atoms with Crippen molar-refractivity contribution in [3.05, 3.63) is 58.7 Å². The van der Waals surface area contributed by atoms with Crippen LogP contribution in [0.25, 0.3) is 6.08 Å². The minimum Gasteiger partial charge on any atom is -0.376 e. The lowest BCUT2D eigenvalue weighted by atomic mass is 10.1. The van der Waals surface area contributed by atoms with Crippen LogP contribution in [-0.4, -0.2) is 65.2 Å². The molecule has 3 amide bonds. The second-order valence-corrected chi connectivity index (χ2v) is 8.96. The zero-order valence-electron chi connectivity index (χ0n) is 20.1. The molecule has 1 aromatic heterocycles. The molecule has 2 fully saturated rings. The Balaban J connectivity index is 1.37. The topological polar surface area (TPSA) is 90.6 Å². The van der Waals surface area contributed by atoms with Crippen molar-refractivity contribution in [2.45, 2.75) is 39.3 Å². The van der Waals surface area contributed by atoms with Crippen molar-refractivity contribution in [3.63, 3.8) is 0 Å². The Morgan fingerprint density at radius 2 is 1.86 bits per heavy atom. The number of hydrogen-bond acceptors (Lipinski definition) is 4. The van der Waals surface area contributed by atoms with Crippen LogP contribution in [0.2, 0.25) is 0 Å². The molecule has 1 N–H and O–H groups in total. The van der Waals surface area contributed by atoms with Gasteiger partial charge in [0.15, 0.2) is 0 Å². The maximum Gasteiger partial charge on any atom is 0.321 e. The smallest absolute Gasteiger partial charge is 0.321 e. The lowest BCUT2D eigenvalue weighted by Crippen LogP contribution is -2.51. The van der Waals surface area contributed by atoms with E-state index in [0.717, 1.165) is 42.9 Å². The maximum atomic E-state index is 13.1. The Morgan fingerprint density at radius 3 is 2.49 bits per heavy atom. The number of nitrogens with zero attached hydrogens (tertiary/aromatic N) is 4. The molecule has 2 aliphatic heterocycles. The summed E-state index contributed by atoms with van der Waals surface area (Å²) in [7, 11) is 0. The molecule has 0 radical (unpaired) electrons. The summed E-state index contributed by atoms with van der Waals surface area (Å²) in [5.74, 6) is -0.712. The molecule has 0 saturated carbocycles. The molecule has 0 unspecified atom stereocenters. The number of halogens is 1. The van der Waals surface area contributed by atoms with Gasteiger partial charge in [0.05, 0.1) is 6.10 Å². The van der Waals surface area contributed by atoms with Gasteiger partial charge in [-0.25, -0.2) is 9.18 Å². The van der Waals surface area contributed by atoms with E-state index in [-0.39, 0.29) is 29.4 Å². The lowest BCUT2D eigenvalue weighted by molar-refractivity contribution is -0.127. The standard InChI is InChI=1S/C26H30FN5O3/c1-18-14-20(19(2)32(18)17-24-4-3-13-35-24)15-21(16-28)25(33)30-9-11-31(12-10-30)26(34)29-23-7-5-22(27)6-8-23/h5-8,14-15,24H,3-4,9-13,17H2,1-2H3,(H,29,34)/b21-15-/t24-/m0/s1. The monoisotopic (exact) mass is 479 g/mol. The van der Waals surface area contributed by atoms with Gasteiger partial charge in [0.25, 0.3) is 5.91 Å². The molecule has 4 rings (SSSR count). The highest BCUT2D eigenvalue weighted by atomic mass is 19.1. The normalized spacial score (nSPS) is 18.5. The first kappa shape index (κ1) is 24.5. The molecule has 184 valence electrons. The molecule has 1 aromatic carbocycles. The van der Waals surface area contributed by atoms with Crippen LogP contribution < -0.4 is 5.32 Å². The van der Waals surface area contributed by atoms with E-state index in [4.69, 9.17) is 4.74 Å². The molecule has 2 aromatic rings. The minimum absolute atomic E-state index is 0.0755. The molecule has 1 atom stereocenters. The van der Waals surface area contributed by atoms with Crippen LogP contribution in [0.3, 0.4) is 0 Å². The lowest BCUT2D eigenvalue weighted by Gasteiger charge is -2.34. The van der Waals surface area contributed by atoms with E-state index in [1.165, 1.54) is 24.3 Å². The third-order valence-electron chi connectivity index (χ3n) is 6.62. The van der Waals surface area contributed by atoms with E-state index in [2.05, 4.69) is 16.0 Å². The molecule has 2 saturated heterocycles. The highest BCUT2D eigenvalue weighted by molar-refractivity contribution is 6.02. The fourth-order valence-corrected chi connectivity index (χ4v) is 4.56. The van der Waals surface area contributed by atoms with Gasteiger partial charge in [-0.15, -0.1) is 0 Å². The van der Waals surface area contributed by atoms with Crippen LogP contribution in [0.1, 0.15) is 29.8 Å². The first-order chi connectivity index (χ1) is 16.9. The van der Waals surface area contributed by atoms with Gasteiger partial charge in [-0.3, -0.25) is 4.79 Å². The Bertz CT molecular complexity index is 1150. The first-order valence-electron chi connectivity index (χ1n) is 11.9. The van der Waals surface area contributed by atoms with E-state index in [9.17, 15) is 19.2 Å². The Morgan fingerprint density at radius 1 is 1.17 bits per heavy atom. The summed E-state index contributed by atoms with van der Waals surface area (Å²) in [6.07, 6.45) is 3.97. The van der Waals surface area contributed by atoms with Gasteiger partial charge < -0.3 is 24.4 Å². The van der Waals surface area contributed by atoms with Gasteiger partial charge in [-0.05, 0) is 68.7 Å². The molecule has 9 heteroatoms. The summed E-state index contributed by atoms with van der Waals surface area (Å²) in [5, 5.41) is 12.4. The van der Waals surface area contributed by atoms with Crippen molar-refractivity contribution in [1.82, 2.24) is 14.4 Å². The maximum absolute atomic E-state index is 13.1. The molecular formula is C26H30FN5O3. The molecular weight excluding hydrogens is 449 g/mol. The van der Waals surface area contributed by atoms with Gasteiger partial charge in [-0.1, -0.05) is 0 Å². The number of aryl methyl sites for hydroxylation is 1. The van der Waals surface area contributed by atoms with E-state index in [0.29, 0.717) is 31.9 Å². The van der Waals surface area contributed by atoms with Crippen LogP contribution in [0.15, 0.2) is 35.9 Å². The van der Waals surface area contributed by atoms with Crippen molar-refractivity contribution in [1.29, 1.82) is 5.26 Å². The average molecular weight is 480 g/mol. The number of rotatable bonds is 5. The number of carbonyl (C=O) groups is 2. The van der Waals surface area contributed by atoms with Crippen LogP contribution in [-0.2, 0) is 16.1 Å². The molecule has 8 nitrogen and oxygen atoms in total. The molecule has 2 aliphatic rings. The highest BCUT2D eigenvalue weighted by Crippen LogP contribution is 2.23. The number of ether oxygens (including phenoxy) is 1. The molecule has 0 aliphatic carbocycles. The Hall–Kier alpha value is -3.64. The van der Waals surface area contributed by atoms with E-state index in [1.807, 2.05) is 19.9 Å². The number of hydrogen-bond donors (Lipinski definition) is 1. The number of piperazine rings is 1. The third kappa shape index (κ3) is 5.72. The van der Waals surface area contributed by atoms with E-state index in [1.54, 1.807) is 15.9 Å². The van der Waals surface area contributed by atoms with Crippen LogP contribution >= 0.6 is 0 Å². The van der Waals surface area contributed by atoms with E-state index >= 15 is 0 Å². The predicted octanol–water partition coefficient (Wildman–Crippen LogP) is 3.71. The number of carbonyl (C=O) groups excluding carboxylic acids is 2. The number of amides is 3. The number of urea groups is 1. The summed E-state index contributed by atoms with van der Waals surface area (Å²) < 4.78 is 21.0. The predicted molar refractivity (Wildman–Crippen MR) is 130 cm³/mol. The number of nitriles is 1. The largest absolute Gasteiger partial charge is 0.376 e.